The van der Waals surface area contributed by atoms with Crippen molar-refractivity contribution in [3.8, 4) is 0 Å². The lowest BCUT2D eigenvalue weighted by molar-refractivity contribution is -0.138. The van der Waals surface area contributed by atoms with Crippen LogP contribution in [0, 0.1) is 11.3 Å². The first kappa shape index (κ1) is 37.7. The van der Waals surface area contributed by atoms with Crippen LogP contribution in [-0.4, -0.2) is 73.0 Å². The molecule has 0 saturated heterocycles. The largest absolute Gasteiger partial charge is 0.384 e. The summed E-state index contributed by atoms with van der Waals surface area (Å²) in [5.41, 5.74) is 34.8. The Hall–Kier alpha value is -3.35. The number of nitrogens with one attached hydrogen (secondary N) is 7. The topological polar surface area (TPSA) is 294 Å². The van der Waals surface area contributed by atoms with Crippen molar-refractivity contribution in [1.29, 1.82) is 5.41 Å². The van der Waals surface area contributed by atoms with Gasteiger partial charge < -0.3 is 39.3 Å². The minimum Gasteiger partial charge on any atom is -0.384 e. The van der Waals surface area contributed by atoms with Crippen molar-refractivity contribution >= 4 is 29.2 Å². The minimum absolute atomic E-state index is 0.0502. The predicted octanol–water partition coefficient (Wildman–Crippen LogP) is -3.14. The molecular formula is C27H50N12O4. The highest BCUT2D eigenvalue weighted by atomic mass is 16.2. The lowest BCUT2D eigenvalue weighted by Crippen LogP contribution is -2.60. The van der Waals surface area contributed by atoms with Crippen molar-refractivity contribution in [2.45, 2.75) is 83.7 Å². The van der Waals surface area contributed by atoms with Crippen molar-refractivity contribution < 1.29 is 19.2 Å². The summed E-state index contributed by atoms with van der Waals surface area (Å²) in [7, 11) is 0. The zero-order chi connectivity index (χ0) is 32.5. The molecule has 0 aromatic heterocycles. The van der Waals surface area contributed by atoms with Crippen LogP contribution in [0.5, 0.6) is 0 Å². The van der Waals surface area contributed by atoms with Crippen LogP contribution in [0.15, 0.2) is 24.3 Å². The number of Topliss-reactive ketones (excluding diaryl/α,β-unsaturated/α-hetero) is 2. The van der Waals surface area contributed by atoms with Crippen molar-refractivity contribution in [3.63, 3.8) is 0 Å². The summed E-state index contributed by atoms with van der Waals surface area (Å²) >= 11 is 0. The third-order valence-electron chi connectivity index (χ3n) is 6.49. The molecule has 16 nitrogen and oxygen atoms in total. The van der Waals surface area contributed by atoms with Gasteiger partial charge in [-0.05, 0) is 50.3 Å². The molecule has 2 amide bonds. The summed E-state index contributed by atoms with van der Waals surface area (Å²) in [4.78, 5) is 50.8. The highest BCUT2D eigenvalue weighted by Crippen LogP contribution is 2.07. The van der Waals surface area contributed by atoms with E-state index in [-0.39, 0.29) is 30.6 Å². The second-order valence-corrected chi connectivity index (χ2v) is 10.6. The van der Waals surface area contributed by atoms with Crippen LogP contribution < -0.4 is 60.8 Å². The predicted molar refractivity (Wildman–Crippen MR) is 164 cm³/mol. The molecule has 0 unspecified atom stereocenters. The van der Waals surface area contributed by atoms with Crippen molar-refractivity contribution in [3.05, 3.63) is 35.4 Å². The van der Waals surface area contributed by atoms with E-state index < -0.39 is 48.2 Å². The summed E-state index contributed by atoms with van der Waals surface area (Å²) < 4.78 is 0. The molecule has 0 spiro atoms. The lowest BCUT2D eigenvalue weighted by Gasteiger charge is -2.27. The molecule has 0 fully saturated rings. The summed E-state index contributed by atoms with van der Waals surface area (Å²) in [6.07, 6.45) is 0.135. The van der Waals surface area contributed by atoms with Gasteiger partial charge in [0.05, 0.1) is 12.1 Å². The van der Waals surface area contributed by atoms with E-state index in [1.807, 2.05) is 0 Å². The molecule has 16 heteroatoms. The lowest BCUT2D eigenvalue weighted by atomic mass is 10.0. The molecule has 0 aliphatic rings. The molecule has 1 aromatic rings. The van der Waals surface area contributed by atoms with Crippen LogP contribution in [0.25, 0.3) is 0 Å². The van der Waals surface area contributed by atoms with Crippen LogP contribution in [0.4, 0.5) is 0 Å². The van der Waals surface area contributed by atoms with Crippen LogP contribution in [0.2, 0.25) is 0 Å². The number of carbonyl (C=O) groups excluding carboxylic acids is 4. The fourth-order valence-electron chi connectivity index (χ4n) is 4.03. The van der Waals surface area contributed by atoms with Gasteiger partial charge in [-0.15, -0.1) is 0 Å². The third kappa shape index (κ3) is 15.1. The molecule has 0 aliphatic heterocycles. The van der Waals surface area contributed by atoms with Crippen molar-refractivity contribution in [2.75, 3.05) is 13.1 Å². The summed E-state index contributed by atoms with van der Waals surface area (Å²) in [5, 5.41) is 18.8. The van der Waals surface area contributed by atoms with Crippen LogP contribution in [0.3, 0.4) is 0 Å². The molecule has 0 aliphatic carbocycles. The number of ketones is 2. The Bertz CT molecular complexity index is 1050. The molecule has 242 valence electrons. The Morgan fingerprint density at radius 1 is 0.814 bits per heavy atom. The van der Waals surface area contributed by atoms with Gasteiger partial charge >= 0.3 is 0 Å². The highest BCUT2D eigenvalue weighted by molar-refractivity contribution is 6.38. The van der Waals surface area contributed by atoms with Crippen LogP contribution in [-0.2, 0) is 25.7 Å². The van der Waals surface area contributed by atoms with Gasteiger partial charge in [0.1, 0.15) is 24.5 Å². The number of rotatable bonds is 22. The number of benzene rings is 1. The van der Waals surface area contributed by atoms with E-state index in [1.54, 1.807) is 38.1 Å². The Labute approximate surface area is 252 Å². The second kappa shape index (κ2) is 19.8. The number of nitrogen functional groups attached to an aromatic ring is 1. The van der Waals surface area contributed by atoms with Gasteiger partial charge in [-0.1, -0.05) is 38.1 Å². The van der Waals surface area contributed by atoms with Gasteiger partial charge in [0.15, 0.2) is 5.78 Å². The molecule has 0 radical (unpaired) electrons. The van der Waals surface area contributed by atoms with Gasteiger partial charge in [0.25, 0.3) is 0 Å². The van der Waals surface area contributed by atoms with E-state index >= 15 is 0 Å². The maximum absolute atomic E-state index is 13.3. The normalized spacial score (nSPS) is 13.5. The fourth-order valence-corrected chi connectivity index (χ4v) is 4.03. The SMILES string of the molecule is CC(=O)C(=O)[C@H](CCCNC(N)N)NC(=O)[C@@H](NN[C@@H](CCCNC(N)N)C(=O)NCc1ccc(C(=N)N)cc1)C(C)C. The van der Waals surface area contributed by atoms with E-state index in [0.29, 0.717) is 37.9 Å². The molecule has 3 atom stereocenters. The molecule has 17 N–H and O–H groups in total. The number of hydrogen-bond donors (Lipinski definition) is 12. The smallest absolute Gasteiger partial charge is 0.239 e. The number of amides is 2. The molecule has 0 saturated carbocycles. The molecule has 0 bridgehead atoms. The monoisotopic (exact) mass is 606 g/mol. The maximum Gasteiger partial charge on any atom is 0.239 e. The number of hydrogen-bond acceptors (Lipinski definition) is 13. The maximum atomic E-state index is 13.3. The third-order valence-corrected chi connectivity index (χ3v) is 6.49. The van der Waals surface area contributed by atoms with Crippen LogP contribution >= 0.6 is 0 Å². The number of carbonyl (C=O) groups is 4. The van der Waals surface area contributed by atoms with Gasteiger partial charge in [-0.3, -0.25) is 35.2 Å². The Morgan fingerprint density at radius 2 is 1.35 bits per heavy atom. The fraction of sp³-hybridized carbons (Fsp3) is 0.593. The average molecular weight is 607 g/mol. The van der Waals surface area contributed by atoms with Crippen LogP contribution in [0.1, 0.15) is 57.6 Å². The first-order valence-corrected chi connectivity index (χ1v) is 14.3. The summed E-state index contributed by atoms with van der Waals surface area (Å²) in [5.74, 6) is -2.51. The zero-order valence-electron chi connectivity index (χ0n) is 25.2. The second-order valence-electron chi connectivity index (χ2n) is 10.6. The Morgan fingerprint density at radius 3 is 1.81 bits per heavy atom. The van der Waals surface area contributed by atoms with E-state index in [4.69, 9.17) is 34.1 Å². The Balaban J connectivity index is 2.92. The van der Waals surface area contributed by atoms with Crippen molar-refractivity contribution in [2.24, 2.45) is 34.6 Å². The van der Waals surface area contributed by atoms with Crippen molar-refractivity contribution in [1.82, 2.24) is 32.1 Å². The standard InChI is InChI=1S/C27H50N12O4/c1-15(2)21(25(43)37-19(22(41)16(3)40)6-4-12-34-26(30)31)39-38-20(7-5-13-35-27(32)33)24(42)36-14-17-8-10-18(11-9-17)23(28)29/h8-11,15,19-21,26-27,34-35,38-39H,4-7,12-14,30-33H2,1-3H3,(H3,28,29)(H,36,42)(H,37,43)/t19-,20-,21-/m0/s1. The van der Waals surface area contributed by atoms with Gasteiger partial charge in [-0.2, -0.15) is 0 Å². The van der Waals surface area contributed by atoms with E-state index in [2.05, 4.69) is 32.1 Å². The number of hydrazine groups is 1. The minimum atomic E-state index is -1.02. The quantitative estimate of drug-likeness (QED) is 0.0155. The summed E-state index contributed by atoms with van der Waals surface area (Å²) in [6, 6.07) is 4.31. The molecule has 0 heterocycles. The first-order chi connectivity index (χ1) is 20.2. The average Bonchev–Trinajstić information content (AvgIpc) is 2.93. The molecule has 1 aromatic carbocycles. The van der Waals surface area contributed by atoms with Gasteiger partial charge in [0, 0.05) is 19.0 Å². The molecule has 1 rings (SSSR count). The van der Waals surface area contributed by atoms with E-state index in [0.717, 1.165) is 12.5 Å². The van der Waals surface area contributed by atoms with Gasteiger partial charge in [-0.25, -0.2) is 10.9 Å². The van der Waals surface area contributed by atoms with E-state index in [1.165, 1.54) is 0 Å². The molecular weight excluding hydrogens is 556 g/mol. The molecule has 43 heavy (non-hydrogen) atoms. The highest BCUT2D eigenvalue weighted by Gasteiger charge is 2.30. The number of nitrogens with two attached hydrogens (primary N) is 5. The van der Waals surface area contributed by atoms with E-state index in [9.17, 15) is 19.2 Å². The first-order valence-electron chi connectivity index (χ1n) is 14.3. The van der Waals surface area contributed by atoms with Gasteiger partial charge in [0.2, 0.25) is 17.6 Å². The Kier molecular flexibility index (Phi) is 17.3. The number of amidine groups is 1. The summed E-state index contributed by atoms with van der Waals surface area (Å²) in [6.45, 7) is 5.85. The zero-order valence-corrected chi connectivity index (χ0v) is 25.2.